The predicted molar refractivity (Wildman–Crippen MR) is 135 cm³/mol. The molecule has 1 aliphatic rings. The van der Waals surface area contributed by atoms with Gasteiger partial charge in [0.25, 0.3) is 0 Å². The number of aromatic nitrogens is 2. The van der Waals surface area contributed by atoms with Crippen LogP contribution >= 0.6 is 11.6 Å². The van der Waals surface area contributed by atoms with Crippen LogP contribution < -0.4 is 11.1 Å². The molecule has 3 heterocycles. The number of hydrogen-bond acceptors (Lipinski definition) is 7. The molecule has 8 heteroatoms. The number of rotatable bonds is 9. The Balaban J connectivity index is 1.26. The maximum Gasteiger partial charge on any atom is 0.164 e. The van der Waals surface area contributed by atoms with Crippen LogP contribution in [-0.2, 0) is 6.42 Å². The smallest absolute Gasteiger partial charge is 0.164 e. The molecule has 7 nitrogen and oxygen atoms in total. The first-order valence-electron chi connectivity index (χ1n) is 11.5. The Hall–Kier alpha value is -2.74. The van der Waals surface area contributed by atoms with E-state index in [-0.39, 0.29) is 5.78 Å². The van der Waals surface area contributed by atoms with Gasteiger partial charge in [-0.1, -0.05) is 29.8 Å². The number of carbonyl (C=O) groups is 1. The van der Waals surface area contributed by atoms with E-state index in [1.165, 1.54) is 0 Å². The highest BCUT2D eigenvalue weighted by molar-refractivity contribution is 6.33. The third-order valence-electron chi connectivity index (χ3n) is 6.20. The van der Waals surface area contributed by atoms with Gasteiger partial charge >= 0.3 is 0 Å². The number of Topliss-reactive ketones (excluding diaryl/α,β-unsaturated/α-hetero) is 1. The van der Waals surface area contributed by atoms with Crippen molar-refractivity contribution in [2.75, 3.05) is 57.4 Å². The van der Waals surface area contributed by atoms with Crippen LogP contribution in [0.1, 0.15) is 28.8 Å². The number of fused-ring (bicyclic) bond motifs is 1. The van der Waals surface area contributed by atoms with Gasteiger partial charge in [-0.25, -0.2) is 9.97 Å². The zero-order valence-electron chi connectivity index (χ0n) is 19.1. The van der Waals surface area contributed by atoms with Crippen LogP contribution in [0.4, 0.5) is 11.6 Å². The molecule has 0 bridgehead atoms. The molecule has 1 aromatic carbocycles. The van der Waals surface area contributed by atoms with E-state index in [9.17, 15) is 4.79 Å². The van der Waals surface area contributed by atoms with Gasteiger partial charge in [0.05, 0.1) is 5.02 Å². The first-order valence-corrected chi connectivity index (χ1v) is 11.8. The van der Waals surface area contributed by atoms with Gasteiger partial charge < -0.3 is 20.9 Å². The molecule has 0 spiro atoms. The van der Waals surface area contributed by atoms with Crippen molar-refractivity contribution in [1.29, 1.82) is 0 Å². The highest BCUT2D eigenvalue weighted by Gasteiger charge is 2.14. The highest BCUT2D eigenvalue weighted by atomic mass is 35.5. The van der Waals surface area contributed by atoms with Gasteiger partial charge in [-0.05, 0) is 49.5 Å². The molecule has 0 saturated carbocycles. The fraction of sp³-hybridized carbons (Fsp3) is 0.400. The number of nitrogens with one attached hydrogen (secondary N) is 1. The van der Waals surface area contributed by atoms with Crippen molar-refractivity contribution in [2.45, 2.75) is 19.3 Å². The van der Waals surface area contributed by atoms with Gasteiger partial charge in [-0.15, -0.1) is 0 Å². The average Bonchev–Trinajstić information content (AvgIpc) is 2.82. The number of likely N-dealkylation sites (N-methyl/N-ethyl adjacent to an activating group) is 1. The number of aryl methyl sites for hydroxylation is 1. The lowest BCUT2D eigenvalue weighted by molar-refractivity contribution is 0.0982. The van der Waals surface area contributed by atoms with Crippen molar-refractivity contribution in [3.8, 4) is 0 Å². The lowest BCUT2D eigenvalue weighted by Crippen LogP contribution is -2.44. The van der Waals surface area contributed by atoms with E-state index in [4.69, 9.17) is 17.3 Å². The fourth-order valence-corrected chi connectivity index (χ4v) is 4.34. The van der Waals surface area contributed by atoms with Crippen LogP contribution in [0.25, 0.3) is 10.8 Å². The largest absolute Gasteiger partial charge is 0.383 e. The number of hydrogen-bond donors (Lipinski definition) is 2. The Morgan fingerprint density at radius 2 is 1.97 bits per heavy atom. The number of halogens is 1. The van der Waals surface area contributed by atoms with E-state index in [0.29, 0.717) is 35.1 Å². The number of pyridine rings is 2. The Morgan fingerprint density at radius 3 is 2.76 bits per heavy atom. The molecule has 0 radical (unpaired) electrons. The molecular formula is C25H31ClN6O. The Bertz CT molecular complexity index is 1110. The molecule has 0 atom stereocenters. The second-order valence-electron chi connectivity index (χ2n) is 8.65. The molecule has 2 aromatic heterocycles. The minimum Gasteiger partial charge on any atom is -0.383 e. The summed E-state index contributed by atoms with van der Waals surface area (Å²) in [6, 6.07) is 9.65. The normalized spacial score (nSPS) is 15.1. The van der Waals surface area contributed by atoms with E-state index in [1.807, 2.05) is 18.2 Å². The van der Waals surface area contributed by atoms with E-state index in [0.717, 1.165) is 62.0 Å². The minimum absolute atomic E-state index is 0.0281. The van der Waals surface area contributed by atoms with Crippen LogP contribution in [0.3, 0.4) is 0 Å². The van der Waals surface area contributed by atoms with Crippen molar-refractivity contribution < 1.29 is 4.79 Å². The number of carbonyl (C=O) groups excluding carboxylic acids is 1. The highest BCUT2D eigenvalue weighted by Crippen LogP contribution is 2.23. The number of nitrogen functional groups attached to an aromatic ring is 1. The number of nitrogens with zero attached hydrogens (tertiary/aromatic N) is 4. The molecule has 3 aromatic rings. The molecule has 0 amide bonds. The molecule has 33 heavy (non-hydrogen) atoms. The second kappa shape index (κ2) is 10.9. The Kier molecular flexibility index (Phi) is 7.75. The van der Waals surface area contributed by atoms with Crippen molar-refractivity contribution in [2.24, 2.45) is 0 Å². The van der Waals surface area contributed by atoms with Gasteiger partial charge in [0.1, 0.15) is 11.6 Å². The van der Waals surface area contributed by atoms with Gasteiger partial charge in [-0.3, -0.25) is 4.79 Å². The summed E-state index contributed by atoms with van der Waals surface area (Å²) in [6.07, 6.45) is 5.37. The summed E-state index contributed by atoms with van der Waals surface area (Å²) in [6.45, 7) is 6.36. The standard InChI is InChI=1S/C25H31ClN6O/c1-31-11-13-32(14-12-31)10-2-8-29-25-22(26)16-20(17-30-25)23(33)6-4-18-3-5-21-19(15-18)7-9-28-24(21)27/h3,5,7,9,15-17H,2,4,6,8,10-14H2,1H3,(H2,27,28)(H,29,30). The summed E-state index contributed by atoms with van der Waals surface area (Å²) in [5.41, 5.74) is 7.54. The zero-order valence-corrected chi connectivity index (χ0v) is 19.8. The second-order valence-corrected chi connectivity index (χ2v) is 9.06. The molecule has 4 rings (SSSR count). The van der Waals surface area contributed by atoms with E-state index < -0.39 is 0 Å². The SMILES string of the molecule is CN1CCN(CCCNc2ncc(C(=O)CCc3ccc4c(N)nccc4c3)cc2Cl)CC1. The van der Waals surface area contributed by atoms with Gasteiger partial charge in [0.2, 0.25) is 0 Å². The molecule has 1 aliphatic heterocycles. The summed E-state index contributed by atoms with van der Waals surface area (Å²) in [7, 11) is 2.17. The van der Waals surface area contributed by atoms with Crippen molar-refractivity contribution >= 4 is 39.8 Å². The van der Waals surface area contributed by atoms with Gasteiger partial charge in [-0.2, -0.15) is 0 Å². The maximum absolute atomic E-state index is 12.7. The lowest BCUT2D eigenvalue weighted by Gasteiger charge is -2.32. The van der Waals surface area contributed by atoms with Crippen molar-refractivity contribution in [1.82, 2.24) is 19.8 Å². The third-order valence-corrected chi connectivity index (χ3v) is 6.49. The van der Waals surface area contributed by atoms with Crippen molar-refractivity contribution in [3.63, 3.8) is 0 Å². The summed E-state index contributed by atoms with van der Waals surface area (Å²) >= 11 is 6.40. The predicted octanol–water partition coefficient (Wildman–Crippen LogP) is 3.73. The summed E-state index contributed by atoms with van der Waals surface area (Å²) in [5, 5.41) is 5.73. The minimum atomic E-state index is 0.0281. The number of anilines is 2. The van der Waals surface area contributed by atoms with Gasteiger partial charge in [0, 0.05) is 62.5 Å². The monoisotopic (exact) mass is 466 g/mol. The van der Waals surface area contributed by atoms with Crippen LogP contribution in [-0.4, -0.2) is 71.9 Å². The number of nitrogens with two attached hydrogens (primary N) is 1. The average molecular weight is 467 g/mol. The number of piperazine rings is 1. The summed E-state index contributed by atoms with van der Waals surface area (Å²) < 4.78 is 0. The number of benzene rings is 1. The molecule has 1 saturated heterocycles. The summed E-state index contributed by atoms with van der Waals surface area (Å²) in [5.74, 6) is 1.18. The zero-order chi connectivity index (χ0) is 23.2. The molecule has 174 valence electrons. The Morgan fingerprint density at radius 1 is 1.15 bits per heavy atom. The van der Waals surface area contributed by atoms with E-state index in [2.05, 4.69) is 38.2 Å². The molecular weight excluding hydrogens is 436 g/mol. The molecule has 3 N–H and O–H groups in total. The van der Waals surface area contributed by atoms with E-state index >= 15 is 0 Å². The number of ketones is 1. The van der Waals surface area contributed by atoms with Gasteiger partial charge in [0.15, 0.2) is 5.78 Å². The van der Waals surface area contributed by atoms with Crippen LogP contribution in [0.15, 0.2) is 42.7 Å². The first kappa shape index (κ1) is 23.4. The van der Waals surface area contributed by atoms with Crippen LogP contribution in [0.2, 0.25) is 5.02 Å². The Labute approximate surface area is 199 Å². The third kappa shape index (κ3) is 6.19. The first-order chi connectivity index (χ1) is 16.0. The quantitative estimate of drug-likeness (QED) is 0.367. The fourth-order valence-electron chi connectivity index (χ4n) is 4.11. The molecule has 0 unspecified atom stereocenters. The summed E-state index contributed by atoms with van der Waals surface area (Å²) in [4.78, 5) is 26.0. The van der Waals surface area contributed by atoms with Crippen LogP contribution in [0.5, 0.6) is 0 Å². The molecule has 1 fully saturated rings. The molecule has 0 aliphatic carbocycles. The lowest BCUT2D eigenvalue weighted by atomic mass is 10.0. The van der Waals surface area contributed by atoms with E-state index in [1.54, 1.807) is 18.5 Å². The van der Waals surface area contributed by atoms with Crippen LogP contribution in [0, 0.1) is 0 Å². The topological polar surface area (TPSA) is 87.4 Å². The van der Waals surface area contributed by atoms with Crippen molar-refractivity contribution in [3.05, 3.63) is 58.9 Å². The maximum atomic E-state index is 12.7.